The van der Waals surface area contributed by atoms with Gasteiger partial charge in [0.2, 0.25) is 0 Å². The monoisotopic (exact) mass is 457 g/mol. The number of rotatable bonds is 4. The molecular formula is C24H32ClN3O2Si. The second kappa shape index (κ2) is 8.23. The Hall–Kier alpha value is -1.89. The molecule has 1 aromatic heterocycles. The van der Waals surface area contributed by atoms with Crippen LogP contribution < -0.4 is 9.80 Å². The molecule has 0 N–H and O–H groups in total. The van der Waals surface area contributed by atoms with Crippen LogP contribution in [0.25, 0.3) is 0 Å². The minimum Gasteiger partial charge on any atom is -0.412 e. The summed E-state index contributed by atoms with van der Waals surface area (Å²) in [5, 5.41) is 0.879. The van der Waals surface area contributed by atoms with E-state index >= 15 is 0 Å². The maximum atomic E-state index is 13.1. The van der Waals surface area contributed by atoms with Gasteiger partial charge in [-0.05, 0) is 60.8 Å². The number of halogens is 1. The van der Waals surface area contributed by atoms with Crippen molar-refractivity contribution in [2.24, 2.45) is 0 Å². The molecule has 4 rings (SSSR count). The van der Waals surface area contributed by atoms with E-state index in [1.54, 1.807) is 12.3 Å². The van der Waals surface area contributed by atoms with Gasteiger partial charge in [-0.3, -0.25) is 9.78 Å². The van der Waals surface area contributed by atoms with Gasteiger partial charge in [-0.15, -0.1) is 0 Å². The zero-order valence-electron chi connectivity index (χ0n) is 19.1. The van der Waals surface area contributed by atoms with Crippen LogP contribution in [0.15, 0.2) is 36.7 Å². The number of anilines is 2. The van der Waals surface area contributed by atoms with Gasteiger partial charge >= 0.3 is 0 Å². The molecule has 0 saturated carbocycles. The molecule has 2 aliphatic rings. The maximum Gasteiger partial charge on any atom is 0.258 e. The van der Waals surface area contributed by atoms with Crippen LogP contribution in [0, 0.1) is 0 Å². The SMILES string of the molecule is CC(C)(C)[Si](C)(C)OC1CCN(c2cncc(N3CCc4cc(Cl)ccc4C3=O)c2)C1. The fourth-order valence-electron chi connectivity index (χ4n) is 4.09. The van der Waals surface area contributed by atoms with E-state index in [0.717, 1.165) is 48.4 Å². The Bertz CT molecular complexity index is 989. The van der Waals surface area contributed by atoms with Crippen molar-refractivity contribution in [2.75, 3.05) is 29.4 Å². The first kappa shape index (κ1) is 22.3. The van der Waals surface area contributed by atoms with E-state index in [-0.39, 0.29) is 17.0 Å². The molecule has 1 aromatic carbocycles. The first-order chi connectivity index (χ1) is 14.5. The number of pyridine rings is 1. The lowest BCUT2D eigenvalue weighted by atomic mass is 9.99. The molecule has 2 aromatic rings. The van der Waals surface area contributed by atoms with Crippen molar-refractivity contribution < 1.29 is 9.22 Å². The van der Waals surface area contributed by atoms with Crippen LogP contribution in [0.4, 0.5) is 11.4 Å². The topological polar surface area (TPSA) is 45.7 Å². The molecule has 31 heavy (non-hydrogen) atoms. The first-order valence-electron chi connectivity index (χ1n) is 11.0. The van der Waals surface area contributed by atoms with E-state index in [1.165, 1.54) is 0 Å². The summed E-state index contributed by atoms with van der Waals surface area (Å²) in [6.07, 6.45) is 5.73. The molecule has 1 unspecified atom stereocenters. The Labute approximate surface area is 191 Å². The summed E-state index contributed by atoms with van der Waals surface area (Å²) >= 11 is 6.10. The number of carbonyl (C=O) groups is 1. The molecule has 0 spiro atoms. The molecular weight excluding hydrogens is 426 g/mol. The standard InChI is InChI=1S/C24H32ClN3O2Si/c1-24(2,3)31(4,5)30-21-9-10-27(16-21)19-13-20(15-26-14-19)28-11-8-17-12-18(25)6-7-22(17)23(28)29/h6-7,12-15,21H,8-11,16H2,1-5H3. The van der Waals surface area contributed by atoms with Crippen molar-refractivity contribution in [1.82, 2.24) is 4.98 Å². The van der Waals surface area contributed by atoms with Gasteiger partial charge in [0.15, 0.2) is 8.32 Å². The summed E-state index contributed by atoms with van der Waals surface area (Å²) in [7, 11) is -1.79. The number of hydrogen-bond acceptors (Lipinski definition) is 4. The Kier molecular flexibility index (Phi) is 5.92. The molecule has 5 nitrogen and oxygen atoms in total. The summed E-state index contributed by atoms with van der Waals surface area (Å²) in [6, 6.07) is 7.59. The van der Waals surface area contributed by atoms with Crippen molar-refractivity contribution in [3.05, 3.63) is 52.8 Å². The van der Waals surface area contributed by atoms with E-state index in [1.807, 2.05) is 23.2 Å². The molecule has 0 bridgehead atoms. The molecule has 2 aliphatic heterocycles. The van der Waals surface area contributed by atoms with Crippen molar-refractivity contribution in [3.8, 4) is 0 Å². The highest BCUT2D eigenvalue weighted by Crippen LogP contribution is 2.39. The van der Waals surface area contributed by atoms with Gasteiger partial charge < -0.3 is 14.2 Å². The largest absolute Gasteiger partial charge is 0.412 e. The average Bonchev–Trinajstić information content (AvgIpc) is 3.15. The van der Waals surface area contributed by atoms with E-state index in [4.69, 9.17) is 16.0 Å². The maximum absolute atomic E-state index is 13.1. The van der Waals surface area contributed by atoms with Gasteiger partial charge in [-0.25, -0.2) is 0 Å². The minimum absolute atomic E-state index is 0.0115. The second-order valence-corrected chi connectivity index (χ2v) is 15.3. The third kappa shape index (κ3) is 4.52. The molecule has 0 radical (unpaired) electrons. The molecule has 1 amide bonds. The third-order valence-electron chi connectivity index (χ3n) is 6.95. The van der Waals surface area contributed by atoms with E-state index in [0.29, 0.717) is 11.6 Å². The van der Waals surface area contributed by atoms with Gasteiger partial charge in [0, 0.05) is 30.2 Å². The fraction of sp³-hybridized carbons (Fsp3) is 0.500. The summed E-state index contributed by atoms with van der Waals surface area (Å²) in [5.74, 6) is 0.0115. The zero-order valence-corrected chi connectivity index (χ0v) is 20.9. The van der Waals surface area contributed by atoms with Crippen LogP contribution in [0.3, 0.4) is 0 Å². The minimum atomic E-state index is -1.79. The molecule has 166 valence electrons. The van der Waals surface area contributed by atoms with Gasteiger partial charge in [0.05, 0.1) is 29.9 Å². The molecule has 1 fully saturated rings. The second-order valence-electron chi connectivity index (χ2n) is 10.1. The van der Waals surface area contributed by atoms with Crippen LogP contribution in [0.2, 0.25) is 23.2 Å². The van der Waals surface area contributed by atoms with Crippen LogP contribution in [-0.2, 0) is 10.8 Å². The summed E-state index contributed by atoms with van der Waals surface area (Å²) in [6.45, 7) is 13.9. The van der Waals surface area contributed by atoms with Crippen LogP contribution >= 0.6 is 11.6 Å². The van der Waals surface area contributed by atoms with Crippen molar-refractivity contribution in [3.63, 3.8) is 0 Å². The summed E-state index contributed by atoms with van der Waals surface area (Å²) < 4.78 is 6.63. The lowest BCUT2D eigenvalue weighted by Gasteiger charge is -2.38. The summed E-state index contributed by atoms with van der Waals surface area (Å²) in [4.78, 5) is 21.7. The smallest absolute Gasteiger partial charge is 0.258 e. The van der Waals surface area contributed by atoms with Gasteiger partial charge in [0.25, 0.3) is 5.91 Å². The Morgan fingerprint density at radius 2 is 1.87 bits per heavy atom. The predicted octanol–water partition coefficient (Wildman–Crippen LogP) is 5.54. The van der Waals surface area contributed by atoms with Crippen molar-refractivity contribution in [2.45, 2.75) is 57.8 Å². The zero-order chi connectivity index (χ0) is 22.4. The average molecular weight is 458 g/mol. The number of fused-ring (bicyclic) bond motifs is 1. The number of hydrogen-bond donors (Lipinski definition) is 0. The molecule has 1 atom stereocenters. The third-order valence-corrected chi connectivity index (χ3v) is 11.7. The number of benzene rings is 1. The lowest BCUT2D eigenvalue weighted by Crippen LogP contribution is -2.44. The predicted molar refractivity (Wildman–Crippen MR) is 130 cm³/mol. The van der Waals surface area contributed by atoms with Crippen molar-refractivity contribution in [1.29, 1.82) is 0 Å². The number of aromatic nitrogens is 1. The fourth-order valence-corrected chi connectivity index (χ4v) is 5.67. The Balaban J connectivity index is 1.48. The highest BCUT2D eigenvalue weighted by molar-refractivity contribution is 6.74. The normalized spacial score (nSPS) is 19.7. The van der Waals surface area contributed by atoms with Crippen LogP contribution in [-0.4, -0.2) is 44.9 Å². The lowest BCUT2D eigenvalue weighted by molar-refractivity contribution is 0.0980. The number of amides is 1. The first-order valence-corrected chi connectivity index (χ1v) is 14.3. The van der Waals surface area contributed by atoms with Gasteiger partial charge in [0.1, 0.15) is 0 Å². The van der Waals surface area contributed by atoms with E-state index in [9.17, 15) is 4.79 Å². The van der Waals surface area contributed by atoms with Gasteiger partial charge in [-0.1, -0.05) is 32.4 Å². The highest BCUT2D eigenvalue weighted by atomic mass is 35.5. The summed E-state index contributed by atoms with van der Waals surface area (Å²) in [5.41, 5.74) is 3.64. The molecule has 0 aliphatic carbocycles. The van der Waals surface area contributed by atoms with Gasteiger partial charge in [-0.2, -0.15) is 0 Å². The Morgan fingerprint density at radius 1 is 1.13 bits per heavy atom. The Morgan fingerprint density at radius 3 is 2.61 bits per heavy atom. The quantitative estimate of drug-likeness (QED) is 0.565. The van der Waals surface area contributed by atoms with Crippen LogP contribution in [0.5, 0.6) is 0 Å². The highest BCUT2D eigenvalue weighted by Gasteiger charge is 2.40. The molecule has 3 heterocycles. The molecule has 7 heteroatoms. The van der Waals surface area contributed by atoms with E-state index in [2.05, 4.69) is 49.8 Å². The van der Waals surface area contributed by atoms with Crippen molar-refractivity contribution >= 4 is 37.2 Å². The number of nitrogens with zero attached hydrogens (tertiary/aromatic N) is 3. The van der Waals surface area contributed by atoms with Crippen LogP contribution in [0.1, 0.15) is 43.1 Å². The van der Waals surface area contributed by atoms with E-state index < -0.39 is 8.32 Å². The number of carbonyl (C=O) groups excluding carboxylic acids is 1. The molecule has 1 saturated heterocycles.